The largest absolute Gasteiger partial charge is 0.341 e. The Bertz CT molecular complexity index is 876. The van der Waals surface area contributed by atoms with Crippen LogP contribution in [0.3, 0.4) is 0 Å². The van der Waals surface area contributed by atoms with Crippen LogP contribution in [-0.4, -0.2) is 49.8 Å². The zero-order chi connectivity index (χ0) is 17.2. The number of aromatic nitrogens is 4. The second kappa shape index (κ2) is 7.13. The predicted molar refractivity (Wildman–Crippen MR) is 100 cm³/mol. The molecule has 3 aromatic heterocycles. The number of rotatable bonds is 4. The van der Waals surface area contributed by atoms with Crippen molar-refractivity contribution in [1.29, 1.82) is 0 Å². The fourth-order valence-electron chi connectivity index (χ4n) is 3.24. The molecule has 1 fully saturated rings. The van der Waals surface area contributed by atoms with Crippen molar-refractivity contribution in [3.8, 4) is 0 Å². The molecule has 6 nitrogen and oxygen atoms in total. The van der Waals surface area contributed by atoms with Gasteiger partial charge >= 0.3 is 0 Å². The summed E-state index contributed by atoms with van der Waals surface area (Å²) in [7, 11) is 0. The second-order valence-corrected chi connectivity index (χ2v) is 8.43. The van der Waals surface area contributed by atoms with Crippen molar-refractivity contribution in [2.75, 3.05) is 18.8 Å². The number of piperidine rings is 1. The maximum absolute atomic E-state index is 12.7. The first-order valence-electron chi connectivity index (χ1n) is 8.31. The van der Waals surface area contributed by atoms with Gasteiger partial charge in [-0.15, -0.1) is 11.3 Å². The molecule has 130 valence electrons. The van der Waals surface area contributed by atoms with Gasteiger partial charge in [-0.2, -0.15) is 5.10 Å². The van der Waals surface area contributed by atoms with Crippen molar-refractivity contribution in [2.45, 2.75) is 30.7 Å². The van der Waals surface area contributed by atoms with Crippen molar-refractivity contribution in [1.82, 2.24) is 25.1 Å². The van der Waals surface area contributed by atoms with Gasteiger partial charge in [0.05, 0.1) is 5.75 Å². The summed E-state index contributed by atoms with van der Waals surface area (Å²) in [4.78, 5) is 25.5. The Morgan fingerprint density at radius 3 is 3.24 bits per heavy atom. The first kappa shape index (κ1) is 16.5. The molecular formula is C17H19N5OS2. The van der Waals surface area contributed by atoms with Crippen LogP contribution in [0.5, 0.6) is 0 Å². The van der Waals surface area contributed by atoms with E-state index in [-0.39, 0.29) is 5.91 Å². The van der Waals surface area contributed by atoms with Crippen LogP contribution < -0.4 is 0 Å². The van der Waals surface area contributed by atoms with E-state index in [1.807, 2.05) is 11.0 Å². The number of amides is 1. The molecule has 0 spiro atoms. The number of aromatic amines is 1. The van der Waals surface area contributed by atoms with Gasteiger partial charge in [-0.3, -0.25) is 9.89 Å². The first-order valence-corrected chi connectivity index (χ1v) is 10.1. The number of thiophene rings is 1. The van der Waals surface area contributed by atoms with E-state index in [1.165, 1.54) is 16.6 Å². The van der Waals surface area contributed by atoms with Crippen LogP contribution in [0.2, 0.25) is 0 Å². The first-order chi connectivity index (χ1) is 12.2. The molecule has 1 saturated heterocycles. The minimum atomic E-state index is 0.174. The molecule has 1 atom stereocenters. The molecule has 3 aromatic rings. The van der Waals surface area contributed by atoms with Gasteiger partial charge < -0.3 is 4.90 Å². The van der Waals surface area contributed by atoms with Gasteiger partial charge in [0, 0.05) is 41.2 Å². The van der Waals surface area contributed by atoms with Gasteiger partial charge in [0.1, 0.15) is 16.2 Å². The summed E-state index contributed by atoms with van der Waals surface area (Å²) in [5.74, 6) is 0.944. The monoisotopic (exact) mass is 373 g/mol. The molecular weight excluding hydrogens is 354 g/mol. The zero-order valence-corrected chi connectivity index (χ0v) is 15.6. The molecule has 25 heavy (non-hydrogen) atoms. The molecule has 8 heteroatoms. The summed E-state index contributed by atoms with van der Waals surface area (Å²) < 4.78 is 0. The molecule has 0 bridgehead atoms. The highest BCUT2D eigenvalue weighted by Crippen LogP contribution is 2.31. The topological polar surface area (TPSA) is 74.8 Å². The van der Waals surface area contributed by atoms with Crippen molar-refractivity contribution in [3.63, 3.8) is 0 Å². The summed E-state index contributed by atoms with van der Waals surface area (Å²) in [6.07, 6.45) is 5.48. The fourth-order valence-corrected chi connectivity index (χ4v) is 5.03. The molecule has 1 unspecified atom stereocenters. The van der Waals surface area contributed by atoms with Crippen LogP contribution >= 0.6 is 23.1 Å². The number of hydrogen-bond donors (Lipinski definition) is 1. The van der Waals surface area contributed by atoms with Crippen LogP contribution in [0.1, 0.15) is 29.3 Å². The van der Waals surface area contributed by atoms with E-state index >= 15 is 0 Å². The molecule has 0 saturated carbocycles. The van der Waals surface area contributed by atoms with Crippen LogP contribution in [0.25, 0.3) is 10.2 Å². The smallest absolute Gasteiger partial charge is 0.233 e. The number of nitrogens with zero attached hydrogens (tertiary/aromatic N) is 4. The molecule has 0 radical (unpaired) electrons. The molecule has 1 aliphatic rings. The average molecular weight is 374 g/mol. The molecule has 0 aromatic carbocycles. The lowest BCUT2D eigenvalue weighted by molar-refractivity contribution is -0.129. The second-order valence-electron chi connectivity index (χ2n) is 6.23. The Balaban J connectivity index is 1.41. The Hall–Kier alpha value is -1.93. The third kappa shape index (κ3) is 3.55. The number of fused-ring (bicyclic) bond motifs is 1. The number of aryl methyl sites for hydroxylation is 1. The van der Waals surface area contributed by atoms with Gasteiger partial charge in [-0.25, -0.2) is 9.97 Å². The number of H-pyrrole nitrogens is 1. The molecule has 1 amide bonds. The lowest BCUT2D eigenvalue weighted by atomic mass is 9.95. The highest BCUT2D eigenvalue weighted by Gasteiger charge is 2.25. The third-order valence-electron chi connectivity index (χ3n) is 4.48. The lowest BCUT2D eigenvalue weighted by Crippen LogP contribution is -2.40. The number of hydrogen-bond acceptors (Lipinski definition) is 6. The van der Waals surface area contributed by atoms with Crippen molar-refractivity contribution in [3.05, 3.63) is 35.2 Å². The highest BCUT2D eigenvalue weighted by atomic mass is 32.2. The average Bonchev–Trinajstić information content (AvgIpc) is 3.28. The number of likely N-dealkylation sites (tertiary alicyclic amines) is 1. The van der Waals surface area contributed by atoms with Crippen LogP contribution in [0.4, 0.5) is 0 Å². The minimum Gasteiger partial charge on any atom is -0.341 e. The SMILES string of the molecule is Cc1cc2c(SCC(=O)N3CCCC(c4ccn[nH]4)C3)ncnc2s1. The molecule has 4 heterocycles. The summed E-state index contributed by atoms with van der Waals surface area (Å²) in [6, 6.07) is 4.10. The van der Waals surface area contributed by atoms with Gasteiger partial charge in [-0.1, -0.05) is 11.8 Å². The third-order valence-corrected chi connectivity index (χ3v) is 6.43. The Labute approximate surface area is 154 Å². The van der Waals surface area contributed by atoms with Crippen LogP contribution in [-0.2, 0) is 4.79 Å². The minimum absolute atomic E-state index is 0.174. The maximum Gasteiger partial charge on any atom is 0.233 e. The zero-order valence-electron chi connectivity index (χ0n) is 13.9. The number of carbonyl (C=O) groups excluding carboxylic acids is 1. The molecule has 4 rings (SSSR count). The molecule has 1 N–H and O–H groups in total. The number of carbonyl (C=O) groups is 1. The van der Waals surface area contributed by atoms with E-state index in [0.29, 0.717) is 11.7 Å². The van der Waals surface area contributed by atoms with Crippen LogP contribution in [0, 0.1) is 6.92 Å². The van der Waals surface area contributed by atoms with E-state index in [2.05, 4.69) is 33.2 Å². The lowest BCUT2D eigenvalue weighted by Gasteiger charge is -2.32. The van der Waals surface area contributed by atoms with E-state index in [4.69, 9.17) is 0 Å². The quantitative estimate of drug-likeness (QED) is 0.561. The number of nitrogens with one attached hydrogen (secondary N) is 1. The van der Waals surface area contributed by atoms with Crippen molar-refractivity contribution >= 4 is 39.2 Å². The standard InChI is InChI=1S/C17H19N5OS2/c1-11-7-13-16(18-10-19-17(13)25-11)24-9-15(23)22-6-2-3-12(8-22)14-4-5-20-21-14/h4-5,7,10,12H,2-3,6,8-9H2,1H3,(H,20,21). The van der Waals surface area contributed by atoms with Crippen molar-refractivity contribution in [2.24, 2.45) is 0 Å². The normalized spacial score (nSPS) is 18.0. The van der Waals surface area contributed by atoms with E-state index in [1.54, 1.807) is 23.9 Å². The van der Waals surface area contributed by atoms with Crippen molar-refractivity contribution < 1.29 is 4.79 Å². The fraction of sp³-hybridized carbons (Fsp3) is 0.412. The number of thioether (sulfide) groups is 1. The van der Waals surface area contributed by atoms with E-state index < -0.39 is 0 Å². The predicted octanol–water partition coefficient (Wildman–Crippen LogP) is 3.22. The highest BCUT2D eigenvalue weighted by molar-refractivity contribution is 8.00. The van der Waals surface area contributed by atoms with Gasteiger partial charge in [0.25, 0.3) is 0 Å². The summed E-state index contributed by atoms with van der Waals surface area (Å²) in [5, 5.41) is 9.01. The Morgan fingerprint density at radius 1 is 1.48 bits per heavy atom. The van der Waals surface area contributed by atoms with Gasteiger partial charge in [-0.05, 0) is 31.9 Å². The summed E-state index contributed by atoms with van der Waals surface area (Å²) in [6.45, 7) is 3.66. The van der Waals surface area contributed by atoms with Crippen LogP contribution in [0.15, 0.2) is 29.7 Å². The van der Waals surface area contributed by atoms with Gasteiger partial charge in [0.2, 0.25) is 5.91 Å². The Morgan fingerprint density at radius 2 is 2.40 bits per heavy atom. The Kier molecular flexibility index (Phi) is 4.72. The maximum atomic E-state index is 12.7. The van der Waals surface area contributed by atoms with Gasteiger partial charge in [0.15, 0.2) is 0 Å². The van der Waals surface area contributed by atoms with E-state index in [0.717, 1.165) is 46.9 Å². The summed E-state index contributed by atoms with van der Waals surface area (Å²) in [5.41, 5.74) is 1.12. The summed E-state index contributed by atoms with van der Waals surface area (Å²) >= 11 is 3.17. The molecule has 0 aliphatic carbocycles. The van der Waals surface area contributed by atoms with E-state index in [9.17, 15) is 4.79 Å². The molecule has 1 aliphatic heterocycles.